The van der Waals surface area contributed by atoms with E-state index in [1.807, 2.05) is 6.92 Å². The minimum Gasteiger partial charge on any atom is -0.493 e. The molecular weight excluding hydrogens is 316 g/mol. The first kappa shape index (κ1) is 19.4. The van der Waals surface area contributed by atoms with Crippen LogP contribution in [0.2, 0.25) is 0 Å². The molecule has 0 aromatic heterocycles. The number of benzene rings is 1. The van der Waals surface area contributed by atoms with Gasteiger partial charge in [-0.05, 0) is 38.5 Å². The zero-order valence-electron chi connectivity index (χ0n) is 14.4. The molecule has 8 heteroatoms. The lowest BCUT2D eigenvalue weighted by atomic mass is 10.1. The smallest absolute Gasteiger partial charge is 0.409 e. The van der Waals surface area contributed by atoms with Gasteiger partial charge in [-0.2, -0.15) is 0 Å². The number of ether oxygens (including phenoxy) is 4. The monoisotopic (exact) mass is 340 g/mol. The van der Waals surface area contributed by atoms with Crippen LogP contribution in [0.5, 0.6) is 11.5 Å². The summed E-state index contributed by atoms with van der Waals surface area (Å²) < 4.78 is 20.4. The first-order valence-corrected chi connectivity index (χ1v) is 7.72. The molecule has 0 aliphatic carbocycles. The number of methoxy groups -OCH3 is 1. The van der Waals surface area contributed by atoms with E-state index >= 15 is 0 Å². The minimum absolute atomic E-state index is 0.213. The lowest BCUT2D eigenvalue weighted by Crippen LogP contribution is -2.41. The van der Waals surface area contributed by atoms with E-state index < -0.39 is 18.4 Å². The molecule has 0 fully saturated rings. The van der Waals surface area contributed by atoms with Crippen LogP contribution in [0.1, 0.15) is 32.5 Å². The average molecular weight is 340 g/mol. The Morgan fingerprint density at radius 1 is 0.958 bits per heavy atom. The molecule has 0 aliphatic heterocycles. The number of carbonyl (C=O) groups excluding carboxylic acids is 2. The van der Waals surface area contributed by atoms with E-state index in [1.165, 1.54) is 7.11 Å². The maximum atomic E-state index is 11.7. The van der Waals surface area contributed by atoms with E-state index in [2.05, 4.69) is 10.6 Å². The summed E-state index contributed by atoms with van der Waals surface area (Å²) in [5.74, 6) is 1.05. The second-order valence-electron chi connectivity index (χ2n) is 4.51. The highest BCUT2D eigenvalue weighted by Crippen LogP contribution is 2.30. The summed E-state index contributed by atoms with van der Waals surface area (Å²) >= 11 is 0. The van der Waals surface area contributed by atoms with Gasteiger partial charge in [0.25, 0.3) is 0 Å². The summed E-state index contributed by atoms with van der Waals surface area (Å²) in [6.07, 6.45) is -2.16. The summed E-state index contributed by atoms with van der Waals surface area (Å²) in [5, 5.41) is 5.11. The van der Waals surface area contributed by atoms with Gasteiger partial charge in [0.2, 0.25) is 0 Å². The highest BCUT2D eigenvalue weighted by Gasteiger charge is 2.20. The Balaban J connectivity index is 3.03. The summed E-state index contributed by atoms with van der Waals surface area (Å²) in [6.45, 7) is 6.15. The SMILES string of the molecule is CCOC(=O)NC(NC(=O)OCC)c1ccc(OCC)c(OC)c1. The van der Waals surface area contributed by atoms with Crippen LogP contribution in [0.15, 0.2) is 18.2 Å². The standard InChI is InChI=1S/C16H24N2O6/c1-5-22-12-9-8-11(10-13(12)21-4)14(17-15(19)23-6-2)18-16(20)24-7-3/h8-10,14H,5-7H2,1-4H3,(H,17,19)(H,18,20). The van der Waals surface area contributed by atoms with Gasteiger partial charge in [0.1, 0.15) is 6.17 Å². The van der Waals surface area contributed by atoms with E-state index in [4.69, 9.17) is 18.9 Å². The van der Waals surface area contributed by atoms with Gasteiger partial charge in [-0.1, -0.05) is 6.07 Å². The van der Waals surface area contributed by atoms with E-state index in [9.17, 15) is 9.59 Å². The first-order chi connectivity index (χ1) is 11.5. The molecule has 1 aromatic rings. The molecule has 2 amide bonds. The summed E-state index contributed by atoms with van der Waals surface area (Å²) in [6, 6.07) is 5.06. The Kier molecular flexibility index (Phi) is 8.24. The van der Waals surface area contributed by atoms with E-state index in [0.29, 0.717) is 23.7 Å². The molecule has 8 nitrogen and oxygen atoms in total. The summed E-state index contributed by atoms with van der Waals surface area (Å²) in [4.78, 5) is 23.4. The van der Waals surface area contributed by atoms with Gasteiger partial charge in [0.15, 0.2) is 11.5 Å². The third-order valence-corrected chi connectivity index (χ3v) is 2.90. The predicted octanol–water partition coefficient (Wildman–Crippen LogP) is 2.58. The van der Waals surface area contributed by atoms with Crippen LogP contribution in [-0.2, 0) is 9.47 Å². The van der Waals surface area contributed by atoms with Gasteiger partial charge in [0, 0.05) is 0 Å². The molecule has 0 aliphatic rings. The Bertz CT molecular complexity index is 529. The van der Waals surface area contributed by atoms with Crippen LogP contribution < -0.4 is 20.1 Å². The average Bonchev–Trinajstić information content (AvgIpc) is 2.55. The number of nitrogens with one attached hydrogen (secondary N) is 2. The van der Waals surface area contributed by atoms with Crippen molar-refractivity contribution in [2.75, 3.05) is 26.9 Å². The zero-order valence-corrected chi connectivity index (χ0v) is 14.4. The first-order valence-electron chi connectivity index (χ1n) is 7.72. The predicted molar refractivity (Wildman–Crippen MR) is 87.2 cm³/mol. The molecule has 0 spiro atoms. The number of hydrogen-bond donors (Lipinski definition) is 2. The van der Waals surface area contributed by atoms with E-state index in [0.717, 1.165) is 0 Å². The van der Waals surface area contributed by atoms with Crippen molar-refractivity contribution >= 4 is 12.2 Å². The Morgan fingerprint density at radius 3 is 2.00 bits per heavy atom. The Morgan fingerprint density at radius 2 is 1.54 bits per heavy atom. The molecule has 0 saturated carbocycles. The Labute approximate surface area is 141 Å². The van der Waals surface area contributed by atoms with Crippen molar-refractivity contribution in [3.63, 3.8) is 0 Å². The van der Waals surface area contributed by atoms with Crippen molar-refractivity contribution in [3.8, 4) is 11.5 Å². The normalized spacial score (nSPS) is 10.0. The van der Waals surface area contributed by atoms with E-state index in [-0.39, 0.29) is 13.2 Å². The molecule has 1 aromatic carbocycles. The van der Waals surface area contributed by atoms with Crippen molar-refractivity contribution in [3.05, 3.63) is 23.8 Å². The van der Waals surface area contributed by atoms with Crippen molar-refractivity contribution in [1.82, 2.24) is 10.6 Å². The van der Waals surface area contributed by atoms with Gasteiger partial charge < -0.3 is 18.9 Å². The summed E-state index contributed by atoms with van der Waals surface area (Å²) in [5.41, 5.74) is 0.580. The molecular formula is C16H24N2O6. The van der Waals surface area contributed by atoms with Gasteiger partial charge in [-0.3, -0.25) is 10.6 Å². The van der Waals surface area contributed by atoms with Crippen molar-refractivity contribution in [2.24, 2.45) is 0 Å². The quantitative estimate of drug-likeness (QED) is 0.706. The van der Waals surface area contributed by atoms with Crippen LogP contribution in [0.4, 0.5) is 9.59 Å². The lowest BCUT2D eigenvalue weighted by molar-refractivity contribution is 0.135. The fraction of sp³-hybridized carbons (Fsp3) is 0.500. The minimum atomic E-state index is -0.840. The van der Waals surface area contributed by atoms with Gasteiger partial charge >= 0.3 is 12.2 Å². The van der Waals surface area contributed by atoms with Crippen LogP contribution in [0.3, 0.4) is 0 Å². The van der Waals surface area contributed by atoms with Crippen LogP contribution >= 0.6 is 0 Å². The maximum absolute atomic E-state index is 11.7. The molecule has 1 rings (SSSR count). The molecule has 0 radical (unpaired) electrons. The number of amides is 2. The lowest BCUT2D eigenvalue weighted by Gasteiger charge is -2.21. The highest BCUT2D eigenvalue weighted by atomic mass is 16.6. The summed E-state index contributed by atoms with van der Waals surface area (Å²) in [7, 11) is 1.51. The number of rotatable bonds is 8. The number of carbonyl (C=O) groups is 2. The second kappa shape index (κ2) is 10.2. The number of hydrogen-bond acceptors (Lipinski definition) is 6. The molecule has 0 saturated heterocycles. The van der Waals surface area contributed by atoms with Crippen LogP contribution in [0, 0.1) is 0 Å². The fourth-order valence-corrected chi connectivity index (χ4v) is 1.92. The van der Waals surface area contributed by atoms with Gasteiger partial charge in [-0.25, -0.2) is 9.59 Å². The zero-order chi connectivity index (χ0) is 17.9. The molecule has 0 bridgehead atoms. The van der Waals surface area contributed by atoms with Gasteiger partial charge in [0.05, 0.1) is 26.9 Å². The van der Waals surface area contributed by atoms with Gasteiger partial charge in [-0.15, -0.1) is 0 Å². The van der Waals surface area contributed by atoms with Crippen LogP contribution in [-0.4, -0.2) is 39.1 Å². The second-order valence-corrected chi connectivity index (χ2v) is 4.51. The van der Waals surface area contributed by atoms with E-state index in [1.54, 1.807) is 32.0 Å². The molecule has 0 atom stereocenters. The maximum Gasteiger partial charge on any atom is 0.409 e. The topological polar surface area (TPSA) is 95.1 Å². The molecule has 0 heterocycles. The number of alkyl carbamates (subject to hydrolysis) is 2. The molecule has 2 N–H and O–H groups in total. The van der Waals surface area contributed by atoms with Crippen LogP contribution in [0.25, 0.3) is 0 Å². The molecule has 134 valence electrons. The van der Waals surface area contributed by atoms with Crippen molar-refractivity contribution < 1.29 is 28.5 Å². The third kappa shape index (κ3) is 5.86. The third-order valence-electron chi connectivity index (χ3n) is 2.90. The molecule has 24 heavy (non-hydrogen) atoms. The fourth-order valence-electron chi connectivity index (χ4n) is 1.92. The Hall–Kier alpha value is -2.64. The van der Waals surface area contributed by atoms with Crippen molar-refractivity contribution in [2.45, 2.75) is 26.9 Å². The molecule has 0 unspecified atom stereocenters. The largest absolute Gasteiger partial charge is 0.493 e. The van der Waals surface area contributed by atoms with Crippen molar-refractivity contribution in [1.29, 1.82) is 0 Å². The highest BCUT2D eigenvalue weighted by molar-refractivity contribution is 5.71.